The number of aromatic amines is 1. The molecule has 2 fully saturated rings. The summed E-state index contributed by atoms with van der Waals surface area (Å²) in [6.07, 6.45) is 5.75. The number of carbonyl (C=O) groups is 1. The van der Waals surface area contributed by atoms with Gasteiger partial charge in [-0.1, -0.05) is 0 Å². The Bertz CT molecular complexity index is 918. The monoisotopic (exact) mass is 412 g/mol. The predicted molar refractivity (Wildman–Crippen MR) is 116 cm³/mol. The van der Waals surface area contributed by atoms with Gasteiger partial charge >= 0.3 is 0 Å². The van der Waals surface area contributed by atoms with Crippen LogP contribution in [0.1, 0.15) is 54.2 Å². The van der Waals surface area contributed by atoms with Crippen LogP contribution in [0, 0.1) is 5.92 Å². The number of piperidine rings is 1. The fourth-order valence-electron chi connectivity index (χ4n) is 4.42. The van der Waals surface area contributed by atoms with Crippen molar-refractivity contribution in [3.05, 3.63) is 35.5 Å². The third kappa shape index (κ3) is 3.62. The van der Waals surface area contributed by atoms with Crippen molar-refractivity contribution in [2.75, 3.05) is 31.1 Å². The molecule has 0 radical (unpaired) electrons. The lowest BCUT2D eigenvalue weighted by molar-refractivity contribution is 0.0719. The summed E-state index contributed by atoms with van der Waals surface area (Å²) in [6.45, 7) is 2.96. The maximum atomic E-state index is 12.9. The highest BCUT2D eigenvalue weighted by atomic mass is 32.1. The van der Waals surface area contributed by atoms with Crippen LogP contribution in [0.4, 0.5) is 11.5 Å². The summed E-state index contributed by atoms with van der Waals surface area (Å²) in [7, 11) is 0. The molecule has 3 heterocycles. The van der Waals surface area contributed by atoms with Crippen LogP contribution in [-0.2, 0) is 0 Å². The van der Waals surface area contributed by atoms with Gasteiger partial charge in [0.2, 0.25) is 0 Å². The van der Waals surface area contributed by atoms with Crippen LogP contribution in [0.5, 0.6) is 5.75 Å². The molecule has 29 heavy (non-hydrogen) atoms. The molecule has 1 saturated heterocycles. The van der Waals surface area contributed by atoms with Crippen LogP contribution < -0.4 is 15.4 Å². The Balaban J connectivity index is 1.44. The second-order valence-corrected chi connectivity index (χ2v) is 8.84. The minimum absolute atomic E-state index is 0.0304. The first-order valence-corrected chi connectivity index (χ1v) is 11.1. The number of nitrogens with one attached hydrogen (secondary N) is 1. The molecule has 154 valence electrons. The Labute approximate surface area is 176 Å². The van der Waals surface area contributed by atoms with E-state index in [2.05, 4.69) is 34.6 Å². The van der Waals surface area contributed by atoms with E-state index in [4.69, 9.17) is 10.5 Å². The first kappa shape index (κ1) is 18.9. The summed E-state index contributed by atoms with van der Waals surface area (Å²) >= 11 is 4.63. The second-order valence-electron chi connectivity index (χ2n) is 8.36. The Kier molecular flexibility index (Phi) is 4.95. The number of rotatable bonds is 4. The molecule has 2 aromatic rings. The summed E-state index contributed by atoms with van der Waals surface area (Å²) in [5, 5.41) is 0. The maximum Gasteiger partial charge on any atom is 0.270 e. The highest BCUT2D eigenvalue weighted by Crippen LogP contribution is 2.43. The number of ether oxygens (including phenoxy) is 1. The summed E-state index contributed by atoms with van der Waals surface area (Å²) < 4.78 is 5.86. The van der Waals surface area contributed by atoms with E-state index >= 15 is 0 Å². The number of nitrogens with two attached hydrogens (primary N) is 1. The standard InChI is InChI=1S/C22H28N4O2S/c23-20(14-4-5-14)16-12-15(6-7-19(16)29)26-10-11-28-18-13-17(24-21(18)26)22(27)25-8-2-1-3-9-25/h6-7,12-14,20,24,29H,1-5,8-11,23H2. The van der Waals surface area contributed by atoms with Crippen LogP contribution in [-0.4, -0.2) is 42.0 Å². The zero-order chi connectivity index (χ0) is 20.0. The van der Waals surface area contributed by atoms with Gasteiger partial charge in [0.25, 0.3) is 5.91 Å². The number of nitrogens with zero attached hydrogens (tertiary/aromatic N) is 2. The van der Waals surface area contributed by atoms with E-state index in [-0.39, 0.29) is 11.9 Å². The van der Waals surface area contributed by atoms with Crippen LogP contribution in [0.25, 0.3) is 0 Å². The number of fused-ring (bicyclic) bond motifs is 1. The molecule has 1 saturated carbocycles. The number of hydrogen-bond acceptors (Lipinski definition) is 5. The number of carbonyl (C=O) groups excluding carboxylic acids is 1. The Morgan fingerprint density at radius 2 is 1.97 bits per heavy atom. The number of anilines is 2. The van der Waals surface area contributed by atoms with Crippen molar-refractivity contribution in [1.29, 1.82) is 0 Å². The van der Waals surface area contributed by atoms with E-state index in [1.165, 1.54) is 19.3 Å². The van der Waals surface area contributed by atoms with Crippen molar-refractivity contribution in [3.8, 4) is 5.75 Å². The normalized spacial score (nSPS) is 20.2. The Morgan fingerprint density at radius 3 is 2.72 bits per heavy atom. The van der Waals surface area contributed by atoms with Crippen molar-refractivity contribution in [3.63, 3.8) is 0 Å². The minimum Gasteiger partial charge on any atom is -0.488 e. The first-order valence-electron chi connectivity index (χ1n) is 10.6. The lowest BCUT2D eigenvalue weighted by Gasteiger charge is -2.30. The molecule has 1 unspecified atom stereocenters. The topological polar surface area (TPSA) is 74.6 Å². The molecule has 1 atom stereocenters. The molecule has 0 spiro atoms. The predicted octanol–water partition coefficient (Wildman–Crippen LogP) is 3.87. The van der Waals surface area contributed by atoms with Crippen LogP contribution >= 0.6 is 12.6 Å². The van der Waals surface area contributed by atoms with Gasteiger partial charge in [-0.15, -0.1) is 12.6 Å². The fourth-order valence-corrected chi connectivity index (χ4v) is 4.71. The average molecular weight is 413 g/mol. The van der Waals surface area contributed by atoms with Crippen molar-refractivity contribution in [1.82, 2.24) is 9.88 Å². The largest absolute Gasteiger partial charge is 0.488 e. The molecule has 7 heteroatoms. The van der Waals surface area contributed by atoms with Gasteiger partial charge in [0, 0.05) is 35.8 Å². The first-order chi connectivity index (χ1) is 14.1. The van der Waals surface area contributed by atoms with Crippen molar-refractivity contribution < 1.29 is 9.53 Å². The summed E-state index contributed by atoms with van der Waals surface area (Å²) in [4.78, 5) is 21.3. The van der Waals surface area contributed by atoms with Crippen molar-refractivity contribution >= 4 is 30.0 Å². The van der Waals surface area contributed by atoms with Gasteiger partial charge in [-0.3, -0.25) is 4.79 Å². The van der Waals surface area contributed by atoms with Crippen molar-refractivity contribution in [2.45, 2.75) is 43.0 Å². The molecule has 1 aliphatic carbocycles. The summed E-state index contributed by atoms with van der Waals surface area (Å²) in [5.74, 6) is 2.20. The highest BCUT2D eigenvalue weighted by Gasteiger charge is 2.32. The zero-order valence-corrected chi connectivity index (χ0v) is 17.5. The molecular weight excluding hydrogens is 384 g/mol. The number of likely N-dealkylation sites (tertiary alicyclic amines) is 1. The highest BCUT2D eigenvalue weighted by molar-refractivity contribution is 7.80. The molecule has 3 aliphatic rings. The number of hydrogen-bond donors (Lipinski definition) is 3. The van der Waals surface area contributed by atoms with Crippen LogP contribution in [0.15, 0.2) is 29.2 Å². The molecule has 1 aromatic carbocycles. The van der Waals surface area contributed by atoms with E-state index in [9.17, 15) is 4.79 Å². The van der Waals surface area contributed by atoms with E-state index < -0.39 is 0 Å². The van der Waals surface area contributed by atoms with Gasteiger partial charge in [-0.2, -0.15) is 0 Å². The Morgan fingerprint density at radius 1 is 1.17 bits per heavy atom. The third-order valence-electron chi connectivity index (χ3n) is 6.29. The van der Waals surface area contributed by atoms with Crippen LogP contribution in [0.2, 0.25) is 0 Å². The number of benzene rings is 1. The number of thiol groups is 1. The van der Waals surface area contributed by atoms with Gasteiger partial charge in [0.15, 0.2) is 11.6 Å². The number of H-pyrrole nitrogens is 1. The summed E-state index contributed by atoms with van der Waals surface area (Å²) in [5.41, 5.74) is 9.22. The maximum absolute atomic E-state index is 12.9. The third-order valence-corrected chi connectivity index (χ3v) is 6.70. The van der Waals surface area contributed by atoms with Crippen LogP contribution in [0.3, 0.4) is 0 Å². The molecule has 6 nitrogen and oxygen atoms in total. The lowest BCUT2D eigenvalue weighted by atomic mass is 10.0. The van der Waals surface area contributed by atoms with E-state index in [0.717, 1.165) is 60.2 Å². The van der Waals surface area contributed by atoms with Gasteiger partial charge in [0.05, 0.1) is 6.54 Å². The lowest BCUT2D eigenvalue weighted by Crippen LogP contribution is -2.35. The average Bonchev–Trinajstić information content (AvgIpc) is 3.51. The molecular formula is C22H28N4O2S. The van der Waals surface area contributed by atoms with Gasteiger partial charge in [-0.05, 0) is 61.8 Å². The minimum atomic E-state index is 0.0304. The summed E-state index contributed by atoms with van der Waals surface area (Å²) in [6, 6.07) is 8.11. The van der Waals surface area contributed by atoms with Gasteiger partial charge < -0.3 is 25.3 Å². The molecule has 0 bridgehead atoms. The molecule has 1 amide bonds. The van der Waals surface area contributed by atoms with Gasteiger partial charge in [-0.25, -0.2) is 0 Å². The fraction of sp³-hybridized carbons (Fsp3) is 0.500. The van der Waals surface area contributed by atoms with E-state index in [1.807, 2.05) is 17.0 Å². The van der Waals surface area contributed by atoms with E-state index in [0.29, 0.717) is 18.2 Å². The van der Waals surface area contributed by atoms with Crippen molar-refractivity contribution in [2.24, 2.45) is 11.7 Å². The second kappa shape index (κ2) is 7.61. The smallest absolute Gasteiger partial charge is 0.270 e. The molecule has 2 aliphatic heterocycles. The number of aromatic nitrogens is 1. The zero-order valence-electron chi connectivity index (χ0n) is 16.6. The molecule has 1 aromatic heterocycles. The van der Waals surface area contributed by atoms with Gasteiger partial charge in [0.1, 0.15) is 12.3 Å². The Hall–Kier alpha value is -2.12. The number of amides is 1. The quantitative estimate of drug-likeness (QED) is 0.667. The van der Waals surface area contributed by atoms with E-state index in [1.54, 1.807) is 0 Å². The SMILES string of the molecule is NC(c1cc(N2CCOc3cc(C(=O)N4CCCCC4)[nH]c32)ccc1S)C1CC1. The molecule has 5 rings (SSSR count). The molecule has 3 N–H and O–H groups in total.